The zero-order valence-electron chi connectivity index (χ0n) is 23.9. The monoisotopic (exact) mass is 551 g/mol. The zero-order valence-corrected chi connectivity index (χ0v) is 23.9. The van der Waals surface area contributed by atoms with Gasteiger partial charge in [0.15, 0.2) is 11.6 Å². The smallest absolute Gasteiger partial charge is 0.272 e. The van der Waals surface area contributed by atoms with Crippen LogP contribution in [-0.2, 0) is 6.42 Å². The van der Waals surface area contributed by atoms with Crippen molar-refractivity contribution in [3.63, 3.8) is 0 Å². The maximum atomic E-state index is 12.6. The van der Waals surface area contributed by atoms with Gasteiger partial charge in [-0.3, -0.25) is 9.36 Å². The van der Waals surface area contributed by atoms with Crippen molar-refractivity contribution in [3.8, 4) is 28.7 Å². The topological polar surface area (TPSA) is 108 Å². The number of ether oxygens (including phenoxy) is 2. The van der Waals surface area contributed by atoms with Crippen LogP contribution in [0.2, 0.25) is 0 Å². The minimum Gasteiger partial charge on any atom is -0.494 e. The number of carbonyl (C=O) groups excluding carboxylic acids is 1. The number of methoxy groups -OCH3 is 2. The van der Waals surface area contributed by atoms with Crippen molar-refractivity contribution in [2.45, 2.75) is 47.0 Å². The number of aromatic nitrogens is 6. The lowest BCUT2D eigenvalue weighted by atomic mass is 10.2. The maximum Gasteiger partial charge on any atom is 0.272 e. The van der Waals surface area contributed by atoms with Crippen molar-refractivity contribution in [1.82, 2.24) is 34.6 Å². The third kappa shape index (κ3) is 6.96. The van der Waals surface area contributed by atoms with Gasteiger partial charge in [0.1, 0.15) is 40.2 Å². The number of carbonyl (C=O) groups is 1. The molecule has 0 radical (unpaired) electrons. The summed E-state index contributed by atoms with van der Waals surface area (Å²) in [6.07, 6.45) is 5.23. The number of halogens is 1. The van der Waals surface area contributed by atoms with Crippen LogP contribution in [0.4, 0.5) is 4.39 Å². The Balaban J connectivity index is 0.000000383. The van der Waals surface area contributed by atoms with Crippen LogP contribution < -0.4 is 9.47 Å². The zero-order chi connectivity index (χ0) is 29.1. The number of hydrogen-bond donors (Lipinski definition) is 0. The summed E-state index contributed by atoms with van der Waals surface area (Å²) < 4.78 is 25.1. The highest BCUT2D eigenvalue weighted by atomic mass is 19.1. The molecule has 1 aliphatic heterocycles. The number of nitrogens with zero attached hydrogens (tertiary/aromatic N) is 7. The van der Waals surface area contributed by atoms with Gasteiger partial charge in [-0.15, -0.1) is 10.2 Å². The predicted molar refractivity (Wildman–Crippen MR) is 152 cm³/mol. The molecule has 0 unspecified atom stereocenters. The summed E-state index contributed by atoms with van der Waals surface area (Å²) >= 11 is 0. The first kappa shape index (κ1) is 30.1. The lowest BCUT2D eigenvalue weighted by Crippen LogP contribution is -2.42. The van der Waals surface area contributed by atoms with Crippen LogP contribution in [0.1, 0.15) is 57.2 Å². The Morgan fingerprint density at radius 2 is 1.62 bits per heavy atom. The van der Waals surface area contributed by atoms with Crippen LogP contribution in [0.5, 0.6) is 11.5 Å². The van der Waals surface area contributed by atoms with E-state index in [0.29, 0.717) is 46.0 Å². The molecule has 0 atom stereocenters. The highest BCUT2D eigenvalue weighted by molar-refractivity contribution is 5.93. The van der Waals surface area contributed by atoms with Crippen molar-refractivity contribution < 1.29 is 20.1 Å². The normalized spacial score (nSPS) is 11.8. The molecule has 0 aliphatic carbocycles. The van der Waals surface area contributed by atoms with Gasteiger partial charge in [-0.05, 0) is 44.0 Å². The van der Waals surface area contributed by atoms with Crippen LogP contribution in [0.25, 0.3) is 17.2 Å². The molecule has 0 bridgehead atoms. The number of hydrogen-bond acceptors (Lipinski definition) is 8. The number of rotatable bonds is 7. The second kappa shape index (κ2) is 14.7. The molecule has 0 N–H and O–H groups in total. The number of pyridine rings is 1. The summed E-state index contributed by atoms with van der Waals surface area (Å²) in [6.45, 7) is 9.43. The van der Waals surface area contributed by atoms with E-state index in [9.17, 15) is 9.18 Å². The van der Waals surface area contributed by atoms with E-state index in [1.165, 1.54) is 12.4 Å². The first-order valence-electron chi connectivity index (χ1n) is 13.3. The Morgan fingerprint density at radius 1 is 1.00 bits per heavy atom. The molecule has 3 aromatic heterocycles. The SMILES string of the molecule is CC.CCCc1ncc(F)cn1.COc1cccc(OC)c1-n1c(C)nnc1-c1cccc(C(=O)N2CCC2)n1.[HH]. The molecule has 1 amide bonds. The maximum absolute atomic E-state index is 12.6. The molecule has 4 heterocycles. The predicted octanol–water partition coefficient (Wildman–Crippen LogP) is 5.34. The van der Waals surface area contributed by atoms with Gasteiger partial charge >= 0.3 is 0 Å². The highest BCUT2D eigenvalue weighted by Gasteiger charge is 2.25. The second-order valence-electron chi connectivity index (χ2n) is 8.54. The standard InChI is InChI=1S/C20H21N5O3.C7H9FN2.C2H6.H2/c1-13-22-23-19(25(13)18-16(27-2)9-5-10-17(18)28-3)14-7-4-8-15(21-14)20(26)24-11-6-12-24;1-2-3-7-9-4-6(8)5-10-7;1-2;/h4-5,7-10H,6,11-12H2,1-3H3;4-5H,2-3H2,1H3;1-2H3;1H. The molecule has 40 heavy (non-hydrogen) atoms. The largest absolute Gasteiger partial charge is 0.494 e. The fourth-order valence-electron chi connectivity index (χ4n) is 3.90. The summed E-state index contributed by atoms with van der Waals surface area (Å²) in [7, 11) is 3.20. The van der Waals surface area contributed by atoms with Crippen molar-refractivity contribution >= 4 is 5.91 Å². The van der Waals surface area contributed by atoms with Crippen molar-refractivity contribution in [1.29, 1.82) is 0 Å². The molecule has 1 aromatic carbocycles. The van der Waals surface area contributed by atoms with E-state index in [2.05, 4.69) is 25.1 Å². The van der Waals surface area contributed by atoms with Gasteiger partial charge in [0, 0.05) is 20.9 Å². The van der Waals surface area contributed by atoms with E-state index in [-0.39, 0.29) is 13.2 Å². The van der Waals surface area contributed by atoms with E-state index in [1.54, 1.807) is 25.2 Å². The number of benzene rings is 1. The van der Waals surface area contributed by atoms with Crippen LogP contribution in [0, 0.1) is 12.7 Å². The number of para-hydroxylation sites is 1. The van der Waals surface area contributed by atoms with Crippen molar-refractivity contribution in [3.05, 3.63) is 72.0 Å². The third-order valence-electron chi connectivity index (χ3n) is 5.94. The summed E-state index contributed by atoms with van der Waals surface area (Å²) in [6, 6.07) is 10.9. The van der Waals surface area contributed by atoms with Gasteiger partial charge in [-0.1, -0.05) is 32.9 Å². The fourth-order valence-corrected chi connectivity index (χ4v) is 3.90. The Kier molecular flexibility index (Phi) is 11.0. The summed E-state index contributed by atoms with van der Waals surface area (Å²) in [5, 5.41) is 8.53. The number of likely N-dealkylation sites (tertiary alicyclic amines) is 1. The Morgan fingerprint density at radius 3 is 2.17 bits per heavy atom. The first-order chi connectivity index (χ1) is 19.5. The summed E-state index contributed by atoms with van der Waals surface area (Å²) in [4.78, 5) is 26.5. The molecule has 11 heteroatoms. The van der Waals surface area contributed by atoms with Crippen LogP contribution in [0.15, 0.2) is 48.8 Å². The summed E-state index contributed by atoms with van der Waals surface area (Å²) in [5.41, 5.74) is 1.64. The first-order valence-corrected chi connectivity index (χ1v) is 13.3. The van der Waals surface area contributed by atoms with Crippen molar-refractivity contribution in [2.24, 2.45) is 0 Å². The third-order valence-corrected chi connectivity index (χ3v) is 5.94. The van der Waals surface area contributed by atoms with E-state index >= 15 is 0 Å². The average molecular weight is 552 g/mol. The Labute approximate surface area is 235 Å². The molecular weight excluding hydrogens is 513 g/mol. The molecule has 1 saturated heterocycles. The minimum atomic E-state index is -0.375. The van der Waals surface area contributed by atoms with Crippen LogP contribution >= 0.6 is 0 Å². The van der Waals surface area contributed by atoms with Gasteiger partial charge in [0.25, 0.3) is 5.91 Å². The Hall–Kier alpha value is -4.41. The highest BCUT2D eigenvalue weighted by Crippen LogP contribution is 2.35. The number of aryl methyl sites for hydroxylation is 2. The fraction of sp³-hybridized carbons (Fsp3) is 0.379. The van der Waals surface area contributed by atoms with Crippen LogP contribution in [0.3, 0.4) is 0 Å². The summed E-state index contributed by atoms with van der Waals surface area (Å²) in [5.74, 6) is 2.68. The van der Waals surface area contributed by atoms with Gasteiger partial charge in [-0.2, -0.15) is 0 Å². The van der Waals surface area contributed by atoms with Gasteiger partial charge in [0.2, 0.25) is 0 Å². The molecule has 1 fully saturated rings. The molecule has 0 spiro atoms. The molecule has 214 valence electrons. The molecule has 4 aromatic rings. The van der Waals surface area contributed by atoms with Crippen LogP contribution in [-0.4, -0.2) is 67.8 Å². The number of amides is 1. The molecular formula is C29H38FN7O3. The lowest BCUT2D eigenvalue weighted by Gasteiger charge is -2.30. The van der Waals surface area contributed by atoms with E-state index in [4.69, 9.17) is 9.47 Å². The minimum absolute atomic E-state index is 0. The molecule has 0 saturated carbocycles. The second-order valence-corrected chi connectivity index (χ2v) is 8.54. The quantitative estimate of drug-likeness (QED) is 0.303. The Bertz CT molecular complexity index is 1370. The molecule has 10 nitrogen and oxygen atoms in total. The van der Waals surface area contributed by atoms with E-state index in [0.717, 1.165) is 32.4 Å². The van der Waals surface area contributed by atoms with Gasteiger partial charge < -0.3 is 14.4 Å². The lowest BCUT2D eigenvalue weighted by molar-refractivity contribution is 0.0646. The van der Waals surface area contributed by atoms with E-state index in [1.807, 2.05) is 62.6 Å². The molecule has 5 rings (SSSR count). The van der Waals surface area contributed by atoms with Gasteiger partial charge in [0.05, 0.1) is 26.6 Å². The molecule has 1 aliphatic rings. The average Bonchev–Trinajstić information content (AvgIpc) is 3.35. The van der Waals surface area contributed by atoms with Gasteiger partial charge in [-0.25, -0.2) is 19.3 Å². The van der Waals surface area contributed by atoms with Crippen molar-refractivity contribution in [2.75, 3.05) is 27.3 Å². The van der Waals surface area contributed by atoms with E-state index < -0.39 is 0 Å².